The van der Waals surface area contributed by atoms with Crippen molar-refractivity contribution in [1.29, 1.82) is 0 Å². The molecule has 0 saturated carbocycles. The number of carbonyl (C=O) groups excluding carboxylic acids is 2. The zero-order valence-corrected chi connectivity index (χ0v) is 18.2. The number of aryl methyl sites for hydroxylation is 2. The average Bonchev–Trinajstić information content (AvgIpc) is 3.03. The molecule has 0 unspecified atom stereocenters. The maximum atomic E-state index is 12.1. The van der Waals surface area contributed by atoms with E-state index in [0.29, 0.717) is 23.7 Å². The highest BCUT2D eigenvalue weighted by Gasteiger charge is 2.10. The molecular weight excluding hydrogens is 423 g/mol. The van der Waals surface area contributed by atoms with Crippen LogP contribution in [0.25, 0.3) is 0 Å². The first-order chi connectivity index (χ1) is 14.3. The van der Waals surface area contributed by atoms with Crippen molar-refractivity contribution in [3.05, 3.63) is 86.7 Å². The Balaban J connectivity index is 1.50. The summed E-state index contributed by atoms with van der Waals surface area (Å²) in [5.41, 5.74) is 4.50. The Morgan fingerprint density at radius 1 is 0.967 bits per heavy atom. The van der Waals surface area contributed by atoms with Gasteiger partial charge >= 0.3 is 0 Å². The number of nitrogens with one attached hydrogen (secondary N) is 2. The molecule has 0 fully saturated rings. The second-order valence-electron chi connectivity index (χ2n) is 6.99. The highest BCUT2D eigenvalue weighted by Crippen LogP contribution is 2.22. The number of aromatic nitrogens is 2. The fourth-order valence-electron chi connectivity index (χ4n) is 3.01. The maximum absolute atomic E-state index is 12.1. The lowest BCUT2D eigenvalue weighted by Gasteiger charge is -2.10. The Kier molecular flexibility index (Phi) is 7.13. The molecule has 1 heterocycles. The molecule has 156 valence electrons. The Morgan fingerprint density at radius 3 is 2.43 bits per heavy atom. The predicted molar refractivity (Wildman–Crippen MR) is 118 cm³/mol. The summed E-state index contributed by atoms with van der Waals surface area (Å²) in [7, 11) is 0. The zero-order chi connectivity index (χ0) is 21.7. The van der Waals surface area contributed by atoms with E-state index in [1.807, 2.05) is 48.9 Å². The minimum Gasteiger partial charge on any atom is -0.350 e. The number of nitrogens with zero attached hydrogens (tertiary/aromatic N) is 2. The van der Waals surface area contributed by atoms with Crippen molar-refractivity contribution >= 4 is 35.0 Å². The summed E-state index contributed by atoms with van der Waals surface area (Å²) in [5, 5.41) is 10.5. The van der Waals surface area contributed by atoms with Crippen molar-refractivity contribution in [2.45, 2.75) is 26.9 Å². The number of rotatable bonds is 7. The normalized spacial score (nSPS) is 10.7. The second-order valence-corrected chi connectivity index (χ2v) is 7.81. The van der Waals surface area contributed by atoms with E-state index in [4.69, 9.17) is 23.2 Å². The molecule has 0 aliphatic rings. The van der Waals surface area contributed by atoms with Crippen LogP contribution in [0.5, 0.6) is 0 Å². The van der Waals surface area contributed by atoms with Gasteiger partial charge in [0.15, 0.2) is 0 Å². The number of hydrogen-bond donors (Lipinski definition) is 2. The lowest BCUT2D eigenvalue weighted by atomic mass is 10.1. The van der Waals surface area contributed by atoms with Gasteiger partial charge in [0.25, 0.3) is 5.91 Å². The second kappa shape index (κ2) is 9.78. The van der Waals surface area contributed by atoms with Gasteiger partial charge in [0.1, 0.15) is 0 Å². The standard InChI is InChI=1S/C22H22Cl2N4O2/c1-14-8-15(2)28(27-14)13-17-5-3-4-16(9-17)11-25-21(29)12-26-22(30)18-6-7-19(23)20(24)10-18/h3-10H,11-13H2,1-2H3,(H,25,29)(H,26,30). The molecule has 3 rings (SSSR count). The van der Waals surface area contributed by atoms with Crippen LogP contribution in [0.15, 0.2) is 48.5 Å². The van der Waals surface area contributed by atoms with Crippen molar-refractivity contribution in [3.8, 4) is 0 Å². The lowest BCUT2D eigenvalue weighted by molar-refractivity contribution is -0.120. The Morgan fingerprint density at radius 2 is 1.73 bits per heavy atom. The summed E-state index contributed by atoms with van der Waals surface area (Å²) >= 11 is 11.8. The number of benzene rings is 2. The molecule has 2 amide bonds. The van der Waals surface area contributed by atoms with Gasteiger partial charge in [-0.25, -0.2) is 0 Å². The first kappa shape index (κ1) is 21.9. The van der Waals surface area contributed by atoms with Gasteiger partial charge < -0.3 is 10.6 Å². The van der Waals surface area contributed by atoms with E-state index >= 15 is 0 Å². The van der Waals surface area contributed by atoms with Crippen LogP contribution >= 0.6 is 23.2 Å². The smallest absolute Gasteiger partial charge is 0.251 e. The van der Waals surface area contributed by atoms with E-state index < -0.39 is 5.91 Å². The molecule has 0 aliphatic heterocycles. The molecule has 1 aromatic heterocycles. The van der Waals surface area contributed by atoms with Crippen LogP contribution in [-0.2, 0) is 17.9 Å². The third-order valence-electron chi connectivity index (χ3n) is 4.51. The van der Waals surface area contributed by atoms with Crippen LogP contribution in [0.3, 0.4) is 0 Å². The molecule has 0 saturated heterocycles. The fraction of sp³-hybridized carbons (Fsp3) is 0.227. The first-order valence-corrected chi connectivity index (χ1v) is 10.2. The number of amides is 2. The molecule has 0 atom stereocenters. The van der Waals surface area contributed by atoms with Gasteiger partial charge in [-0.15, -0.1) is 0 Å². The number of hydrogen-bond acceptors (Lipinski definition) is 3. The highest BCUT2D eigenvalue weighted by molar-refractivity contribution is 6.42. The summed E-state index contributed by atoms with van der Waals surface area (Å²) in [5.74, 6) is -0.678. The monoisotopic (exact) mass is 444 g/mol. The summed E-state index contributed by atoms with van der Waals surface area (Å²) < 4.78 is 1.95. The van der Waals surface area contributed by atoms with Gasteiger partial charge in [-0.05, 0) is 49.2 Å². The third kappa shape index (κ3) is 5.84. The van der Waals surface area contributed by atoms with Gasteiger partial charge in [-0.2, -0.15) is 5.10 Å². The Bertz CT molecular complexity index is 1080. The van der Waals surface area contributed by atoms with Crippen molar-refractivity contribution in [1.82, 2.24) is 20.4 Å². The van der Waals surface area contributed by atoms with E-state index in [0.717, 1.165) is 22.5 Å². The van der Waals surface area contributed by atoms with Crippen LogP contribution in [0.1, 0.15) is 32.9 Å². The molecule has 0 aliphatic carbocycles. The van der Waals surface area contributed by atoms with E-state index in [1.165, 1.54) is 12.1 Å². The predicted octanol–water partition coefficient (Wildman–Crippen LogP) is 3.90. The SMILES string of the molecule is Cc1cc(C)n(Cc2cccc(CNC(=O)CNC(=O)c3ccc(Cl)c(Cl)c3)c2)n1. The topological polar surface area (TPSA) is 76.0 Å². The molecule has 0 radical (unpaired) electrons. The van der Waals surface area contributed by atoms with Gasteiger partial charge in [-0.3, -0.25) is 14.3 Å². The van der Waals surface area contributed by atoms with Crippen LogP contribution in [0, 0.1) is 13.8 Å². The van der Waals surface area contributed by atoms with Gasteiger partial charge in [0.05, 0.1) is 28.8 Å². The van der Waals surface area contributed by atoms with Crippen molar-refractivity contribution in [3.63, 3.8) is 0 Å². The van der Waals surface area contributed by atoms with E-state index in [-0.39, 0.29) is 17.5 Å². The van der Waals surface area contributed by atoms with Crippen molar-refractivity contribution < 1.29 is 9.59 Å². The Labute approximate surface area is 185 Å². The van der Waals surface area contributed by atoms with Crippen LogP contribution < -0.4 is 10.6 Å². The minimum atomic E-state index is -0.393. The summed E-state index contributed by atoms with van der Waals surface area (Å²) in [6, 6.07) is 14.5. The zero-order valence-electron chi connectivity index (χ0n) is 16.7. The van der Waals surface area contributed by atoms with E-state index in [1.54, 1.807) is 6.07 Å². The number of halogens is 2. The maximum Gasteiger partial charge on any atom is 0.251 e. The quantitative estimate of drug-likeness (QED) is 0.579. The molecule has 6 nitrogen and oxygen atoms in total. The summed E-state index contributed by atoms with van der Waals surface area (Å²) in [4.78, 5) is 24.2. The van der Waals surface area contributed by atoms with E-state index in [2.05, 4.69) is 15.7 Å². The first-order valence-electron chi connectivity index (χ1n) is 9.40. The fourth-order valence-corrected chi connectivity index (χ4v) is 3.31. The lowest BCUT2D eigenvalue weighted by Crippen LogP contribution is -2.36. The van der Waals surface area contributed by atoms with E-state index in [9.17, 15) is 9.59 Å². The molecule has 2 aromatic carbocycles. The van der Waals surface area contributed by atoms with Crippen molar-refractivity contribution in [2.24, 2.45) is 0 Å². The molecule has 0 spiro atoms. The largest absolute Gasteiger partial charge is 0.350 e. The summed E-state index contributed by atoms with van der Waals surface area (Å²) in [6.07, 6.45) is 0. The molecule has 8 heteroatoms. The third-order valence-corrected chi connectivity index (χ3v) is 5.25. The van der Waals surface area contributed by atoms with Crippen LogP contribution in [0.4, 0.5) is 0 Å². The average molecular weight is 445 g/mol. The molecule has 2 N–H and O–H groups in total. The minimum absolute atomic E-state index is 0.134. The highest BCUT2D eigenvalue weighted by atomic mass is 35.5. The molecule has 3 aromatic rings. The van der Waals surface area contributed by atoms with Gasteiger partial charge in [0.2, 0.25) is 5.91 Å². The molecule has 0 bridgehead atoms. The molecular formula is C22H22Cl2N4O2. The molecule has 30 heavy (non-hydrogen) atoms. The van der Waals surface area contributed by atoms with Crippen LogP contribution in [-0.4, -0.2) is 28.1 Å². The van der Waals surface area contributed by atoms with Gasteiger partial charge in [-0.1, -0.05) is 47.5 Å². The van der Waals surface area contributed by atoms with Crippen molar-refractivity contribution in [2.75, 3.05) is 6.54 Å². The Hall–Kier alpha value is -2.83. The number of carbonyl (C=O) groups is 2. The van der Waals surface area contributed by atoms with Crippen LogP contribution in [0.2, 0.25) is 10.0 Å². The summed E-state index contributed by atoms with van der Waals surface area (Å²) in [6.45, 7) is 4.89. The van der Waals surface area contributed by atoms with Gasteiger partial charge in [0, 0.05) is 17.8 Å².